The second-order valence-electron chi connectivity index (χ2n) is 4.92. The number of hydrogen-bond donors (Lipinski definition) is 1. The number of halogens is 3. The van der Waals surface area contributed by atoms with E-state index in [-0.39, 0.29) is 27.9 Å². The molecular formula is C16H9Cl3N2O3. The Morgan fingerprint density at radius 3 is 2.50 bits per heavy atom. The van der Waals surface area contributed by atoms with Crippen molar-refractivity contribution in [3.63, 3.8) is 0 Å². The number of aromatic hydroxyl groups is 1. The van der Waals surface area contributed by atoms with Gasteiger partial charge < -0.3 is 5.11 Å². The standard InChI is InChI=1S/C16H9Cl3N2O3/c17-8-5-6-9(18)11(7-8)21-15(23)13(19)14(16(21)24)20-10-3-1-2-4-12(10)22/h1-7,13,22H. The number of aliphatic imine (C=N–C) groups is 1. The Labute approximate surface area is 152 Å². The number of benzene rings is 2. The van der Waals surface area contributed by atoms with Crippen molar-refractivity contribution < 1.29 is 14.7 Å². The van der Waals surface area contributed by atoms with Gasteiger partial charge in [0.15, 0.2) is 5.38 Å². The summed E-state index contributed by atoms with van der Waals surface area (Å²) in [5, 5.41) is 8.98. The molecule has 1 saturated heterocycles. The minimum absolute atomic E-state index is 0.131. The summed E-state index contributed by atoms with van der Waals surface area (Å²) in [5.74, 6) is -1.53. The van der Waals surface area contributed by atoms with E-state index < -0.39 is 17.2 Å². The van der Waals surface area contributed by atoms with Crippen molar-refractivity contribution in [2.24, 2.45) is 4.99 Å². The quantitative estimate of drug-likeness (QED) is 0.630. The van der Waals surface area contributed by atoms with E-state index in [1.807, 2.05) is 0 Å². The summed E-state index contributed by atoms with van der Waals surface area (Å²) in [5.41, 5.74) is 0.0739. The van der Waals surface area contributed by atoms with Gasteiger partial charge in [0, 0.05) is 5.02 Å². The van der Waals surface area contributed by atoms with Crippen molar-refractivity contribution in [3.8, 4) is 5.75 Å². The number of phenols is 1. The van der Waals surface area contributed by atoms with Crippen molar-refractivity contribution >= 4 is 63.7 Å². The van der Waals surface area contributed by atoms with Crippen LogP contribution in [0.2, 0.25) is 10.0 Å². The molecule has 1 fully saturated rings. The molecule has 0 bridgehead atoms. The Morgan fingerprint density at radius 2 is 1.79 bits per heavy atom. The van der Waals surface area contributed by atoms with E-state index in [9.17, 15) is 14.7 Å². The van der Waals surface area contributed by atoms with Gasteiger partial charge in [-0.25, -0.2) is 9.89 Å². The number of amides is 2. The number of imide groups is 1. The molecule has 2 aromatic rings. The second-order valence-corrected chi connectivity index (χ2v) is 6.20. The van der Waals surface area contributed by atoms with E-state index in [2.05, 4.69) is 4.99 Å². The van der Waals surface area contributed by atoms with E-state index in [1.54, 1.807) is 12.1 Å². The van der Waals surface area contributed by atoms with Crippen molar-refractivity contribution in [1.82, 2.24) is 0 Å². The molecule has 24 heavy (non-hydrogen) atoms. The highest BCUT2D eigenvalue weighted by Crippen LogP contribution is 2.34. The molecular weight excluding hydrogens is 375 g/mol. The zero-order valence-corrected chi connectivity index (χ0v) is 14.2. The van der Waals surface area contributed by atoms with Gasteiger partial charge in [-0.2, -0.15) is 0 Å². The molecule has 0 aromatic heterocycles. The fourth-order valence-electron chi connectivity index (χ4n) is 2.23. The monoisotopic (exact) mass is 382 g/mol. The Kier molecular flexibility index (Phi) is 4.49. The van der Waals surface area contributed by atoms with Gasteiger partial charge in [0.25, 0.3) is 11.8 Å². The van der Waals surface area contributed by atoms with Crippen LogP contribution in [-0.4, -0.2) is 28.0 Å². The van der Waals surface area contributed by atoms with Crippen LogP contribution in [0.25, 0.3) is 0 Å². The van der Waals surface area contributed by atoms with Crippen LogP contribution in [-0.2, 0) is 9.59 Å². The molecule has 2 aromatic carbocycles. The predicted octanol–water partition coefficient (Wildman–Crippen LogP) is 3.95. The summed E-state index contributed by atoms with van der Waals surface area (Å²) in [6.45, 7) is 0. The predicted molar refractivity (Wildman–Crippen MR) is 93.8 cm³/mol. The van der Waals surface area contributed by atoms with Gasteiger partial charge in [0.05, 0.1) is 10.7 Å². The molecule has 0 aliphatic carbocycles. The number of para-hydroxylation sites is 2. The normalized spacial score (nSPS) is 19.4. The third kappa shape index (κ3) is 2.86. The number of carbonyl (C=O) groups excluding carboxylic acids is 2. The molecule has 3 rings (SSSR count). The van der Waals surface area contributed by atoms with Gasteiger partial charge >= 0.3 is 0 Å². The highest BCUT2D eigenvalue weighted by atomic mass is 35.5. The highest BCUT2D eigenvalue weighted by molar-refractivity contribution is 6.69. The molecule has 2 amide bonds. The lowest BCUT2D eigenvalue weighted by atomic mass is 10.2. The molecule has 8 heteroatoms. The van der Waals surface area contributed by atoms with E-state index in [0.717, 1.165) is 4.90 Å². The van der Waals surface area contributed by atoms with Crippen LogP contribution in [0, 0.1) is 0 Å². The summed E-state index contributed by atoms with van der Waals surface area (Å²) in [4.78, 5) is 29.9. The second kappa shape index (κ2) is 6.43. The lowest BCUT2D eigenvalue weighted by Gasteiger charge is -2.15. The van der Waals surface area contributed by atoms with Gasteiger partial charge in [-0.1, -0.05) is 35.3 Å². The first kappa shape index (κ1) is 16.8. The molecule has 0 radical (unpaired) electrons. The maximum Gasteiger partial charge on any atom is 0.281 e. The van der Waals surface area contributed by atoms with Crippen LogP contribution < -0.4 is 4.90 Å². The average molecular weight is 384 g/mol. The molecule has 0 spiro atoms. The molecule has 1 aliphatic heterocycles. The van der Waals surface area contributed by atoms with Gasteiger partial charge in [0.1, 0.15) is 17.1 Å². The minimum atomic E-state index is -1.29. The van der Waals surface area contributed by atoms with Crippen molar-refractivity contribution in [2.75, 3.05) is 4.90 Å². The maximum atomic E-state index is 12.6. The number of carbonyl (C=O) groups is 2. The van der Waals surface area contributed by atoms with Crippen LogP contribution in [0.3, 0.4) is 0 Å². The Morgan fingerprint density at radius 1 is 1.08 bits per heavy atom. The smallest absolute Gasteiger partial charge is 0.281 e. The fourth-order valence-corrected chi connectivity index (χ4v) is 2.84. The van der Waals surface area contributed by atoms with Crippen LogP contribution in [0.5, 0.6) is 5.75 Å². The van der Waals surface area contributed by atoms with Crippen LogP contribution in [0.1, 0.15) is 0 Å². The first-order chi connectivity index (χ1) is 11.4. The third-order valence-corrected chi connectivity index (χ3v) is 4.32. The number of nitrogens with zero attached hydrogens (tertiary/aromatic N) is 2. The molecule has 1 atom stereocenters. The minimum Gasteiger partial charge on any atom is -0.506 e. The molecule has 122 valence electrons. The van der Waals surface area contributed by atoms with E-state index in [1.165, 1.54) is 30.3 Å². The molecule has 1 aliphatic rings. The number of anilines is 1. The molecule has 1 unspecified atom stereocenters. The Bertz CT molecular complexity index is 883. The zero-order chi connectivity index (χ0) is 17.4. The number of alkyl halides is 1. The summed E-state index contributed by atoms with van der Waals surface area (Å²) < 4.78 is 0. The summed E-state index contributed by atoms with van der Waals surface area (Å²) in [6.07, 6.45) is 0. The lowest BCUT2D eigenvalue weighted by Crippen LogP contribution is -2.31. The summed E-state index contributed by atoms with van der Waals surface area (Å²) in [7, 11) is 0. The Balaban J connectivity index is 2.07. The topological polar surface area (TPSA) is 70.0 Å². The summed E-state index contributed by atoms with van der Waals surface area (Å²) in [6, 6.07) is 10.6. The number of phenolic OH excluding ortho intramolecular Hbond substituents is 1. The summed E-state index contributed by atoms with van der Waals surface area (Å²) >= 11 is 18.0. The average Bonchev–Trinajstić information content (AvgIpc) is 2.76. The van der Waals surface area contributed by atoms with Gasteiger partial charge in [0.2, 0.25) is 0 Å². The number of rotatable bonds is 2. The fraction of sp³-hybridized carbons (Fsp3) is 0.0625. The number of hydrogen-bond acceptors (Lipinski definition) is 4. The highest BCUT2D eigenvalue weighted by Gasteiger charge is 2.45. The van der Waals surface area contributed by atoms with E-state index in [0.29, 0.717) is 5.02 Å². The van der Waals surface area contributed by atoms with Crippen LogP contribution in [0.15, 0.2) is 47.5 Å². The molecule has 1 N–H and O–H groups in total. The van der Waals surface area contributed by atoms with E-state index >= 15 is 0 Å². The maximum absolute atomic E-state index is 12.6. The van der Waals surface area contributed by atoms with Crippen LogP contribution in [0.4, 0.5) is 11.4 Å². The Hall–Kier alpha value is -2.08. The third-order valence-electron chi connectivity index (χ3n) is 3.37. The lowest BCUT2D eigenvalue weighted by molar-refractivity contribution is -0.120. The van der Waals surface area contributed by atoms with Gasteiger partial charge in [-0.15, -0.1) is 11.6 Å². The molecule has 5 nitrogen and oxygen atoms in total. The first-order valence-corrected chi connectivity index (χ1v) is 7.93. The zero-order valence-electron chi connectivity index (χ0n) is 11.9. The van der Waals surface area contributed by atoms with Gasteiger partial charge in [-0.3, -0.25) is 9.59 Å². The van der Waals surface area contributed by atoms with Crippen molar-refractivity contribution in [1.29, 1.82) is 0 Å². The first-order valence-electron chi connectivity index (χ1n) is 6.74. The van der Waals surface area contributed by atoms with Crippen LogP contribution >= 0.6 is 34.8 Å². The van der Waals surface area contributed by atoms with E-state index in [4.69, 9.17) is 34.8 Å². The SMILES string of the molecule is O=C1C(=Nc2ccccc2O)C(Cl)C(=O)N1c1cc(Cl)ccc1Cl. The largest absolute Gasteiger partial charge is 0.506 e. The molecule has 0 saturated carbocycles. The van der Waals surface area contributed by atoms with Gasteiger partial charge in [-0.05, 0) is 30.3 Å². The van der Waals surface area contributed by atoms with Crippen molar-refractivity contribution in [2.45, 2.75) is 5.38 Å². The van der Waals surface area contributed by atoms with Crippen molar-refractivity contribution in [3.05, 3.63) is 52.5 Å². The molecule has 1 heterocycles.